The van der Waals surface area contributed by atoms with Gasteiger partial charge in [-0.15, -0.1) is 0 Å². The van der Waals surface area contributed by atoms with Crippen LogP contribution in [0.1, 0.15) is 35.1 Å². The highest BCUT2D eigenvalue weighted by molar-refractivity contribution is 6.00. The third kappa shape index (κ3) is 3.59. The number of nitro benzene ring substituents is 1. The lowest BCUT2D eigenvalue weighted by atomic mass is 9.97. The summed E-state index contributed by atoms with van der Waals surface area (Å²) in [4.78, 5) is 32.9. The van der Waals surface area contributed by atoms with Gasteiger partial charge < -0.3 is 14.4 Å². The second-order valence-electron chi connectivity index (χ2n) is 7.74. The molecule has 1 unspecified atom stereocenters. The van der Waals surface area contributed by atoms with E-state index in [0.29, 0.717) is 47.0 Å². The van der Waals surface area contributed by atoms with Crippen LogP contribution < -0.4 is 0 Å². The molecule has 0 radical (unpaired) electrons. The quantitative estimate of drug-likeness (QED) is 0.377. The Hall–Kier alpha value is -4.08. The number of nitro groups is 1. The lowest BCUT2D eigenvalue weighted by Gasteiger charge is -2.30. The zero-order valence-corrected chi connectivity index (χ0v) is 16.8. The van der Waals surface area contributed by atoms with Crippen molar-refractivity contribution in [2.75, 3.05) is 13.1 Å². The van der Waals surface area contributed by atoms with Crippen molar-refractivity contribution >= 4 is 22.5 Å². The Bertz CT molecular complexity index is 1330. The molecule has 0 bridgehead atoms. The highest BCUT2D eigenvalue weighted by Gasteiger charge is 2.30. The fourth-order valence-electron chi connectivity index (χ4n) is 4.09. The van der Waals surface area contributed by atoms with Gasteiger partial charge in [-0.1, -0.05) is 29.4 Å². The van der Waals surface area contributed by atoms with Gasteiger partial charge >= 0.3 is 0 Å². The summed E-state index contributed by atoms with van der Waals surface area (Å²) in [7, 11) is 0. The lowest BCUT2D eigenvalue weighted by Crippen LogP contribution is -2.39. The number of nitrogens with zero attached hydrogens (tertiary/aromatic N) is 4. The molecule has 0 spiro atoms. The number of para-hydroxylation sites is 1. The number of likely N-dealkylation sites (tertiary alicyclic amines) is 1. The van der Waals surface area contributed by atoms with Crippen LogP contribution in [0, 0.1) is 15.9 Å². The van der Waals surface area contributed by atoms with Crippen molar-refractivity contribution in [3.8, 4) is 11.4 Å². The van der Waals surface area contributed by atoms with Crippen molar-refractivity contribution in [2.24, 2.45) is 0 Å². The highest BCUT2D eigenvalue weighted by atomic mass is 19.1. The molecule has 1 fully saturated rings. The fraction of sp³-hybridized carbons (Fsp3) is 0.227. The Morgan fingerprint density at radius 1 is 1.25 bits per heavy atom. The molecule has 1 amide bonds. The molecule has 4 aromatic rings. The molecule has 1 atom stereocenters. The molecule has 0 saturated carbocycles. The standard InChI is InChI=1S/C22H18FN5O4/c23-16-7-1-5-14(10-16)20-25-21(32-26-20)15-6-3-9-27(12-15)22(29)17-11-13-4-2-8-18(28(30)31)19(13)24-17/h1-2,4-5,7-8,10-11,15,24H,3,6,9,12H2. The summed E-state index contributed by atoms with van der Waals surface area (Å²) in [5.74, 6) is -0.0897. The summed E-state index contributed by atoms with van der Waals surface area (Å²) in [5.41, 5.74) is 1.06. The smallest absolute Gasteiger partial charge is 0.293 e. The summed E-state index contributed by atoms with van der Waals surface area (Å²) < 4.78 is 18.9. The number of H-pyrrole nitrogens is 1. The minimum atomic E-state index is -0.476. The van der Waals surface area contributed by atoms with E-state index in [0.717, 1.165) is 12.8 Å². The maximum Gasteiger partial charge on any atom is 0.293 e. The van der Waals surface area contributed by atoms with Crippen molar-refractivity contribution in [1.82, 2.24) is 20.0 Å². The van der Waals surface area contributed by atoms with Gasteiger partial charge in [0.1, 0.15) is 17.0 Å². The van der Waals surface area contributed by atoms with Crippen LogP contribution in [0.5, 0.6) is 0 Å². The Morgan fingerprint density at radius 2 is 2.09 bits per heavy atom. The number of carbonyl (C=O) groups excluding carboxylic acids is 1. The third-order valence-electron chi connectivity index (χ3n) is 5.64. The van der Waals surface area contributed by atoms with Crippen LogP contribution in [-0.4, -0.2) is 43.9 Å². The monoisotopic (exact) mass is 435 g/mol. The number of fused-ring (bicyclic) bond motifs is 1. The van der Waals surface area contributed by atoms with Crippen molar-refractivity contribution in [2.45, 2.75) is 18.8 Å². The summed E-state index contributed by atoms with van der Waals surface area (Å²) in [6, 6.07) is 12.3. The van der Waals surface area contributed by atoms with Crippen molar-refractivity contribution in [3.63, 3.8) is 0 Å². The predicted molar refractivity (Wildman–Crippen MR) is 113 cm³/mol. The molecule has 162 valence electrons. The lowest BCUT2D eigenvalue weighted by molar-refractivity contribution is -0.383. The van der Waals surface area contributed by atoms with Gasteiger partial charge in [-0.3, -0.25) is 14.9 Å². The number of rotatable bonds is 4. The minimum absolute atomic E-state index is 0.0752. The molecule has 1 N–H and O–H groups in total. The van der Waals surface area contributed by atoms with E-state index < -0.39 is 4.92 Å². The van der Waals surface area contributed by atoms with E-state index >= 15 is 0 Å². The fourth-order valence-corrected chi connectivity index (χ4v) is 4.09. The molecule has 0 aliphatic carbocycles. The van der Waals surface area contributed by atoms with Crippen molar-refractivity contribution in [1.29, 1.82) is 0 Å². The molecule has 10 heteroatoms. The van der Waals surface area contributed by atoms with Crippen molar-refractivity contribution < 1.29 is 18.6 Å². The van der Waals surface area contributed by atoms with Gasteiger partial charge in [-0.25, -0.2) is 4.39 Å². The van der Waals surface area contributed by atoms with E-state index in [1.54, 1.807) is 35.2 Å². The molecule has 1 aliphatic rings. The second kappa shape index (κ2) is 7.88. The minimum Gasteiger partial charge on any atom is -0.345 e. The van der Waals surface area contributed by atoms with E-state index in [4.69, 9.17) is 4.52 Å². The number of amides is 1. The number of nitrogens with one attached hydrogen (secondary N) is 1. The van der Waals surface area contributed by atoms with Crippen LogP contribution >= 0.6 is 0 Å². The highest BCUT2D eigenvalue weighted by Crippen LogP contribution is 2.30. The summed E-state index contributed by atoms with van der Waals surface area (Å²) in [5, 5.41) is 15.8. The number of benzene rings is 2. The van der Waals surface area contributed by atoms with Gasteiger partial charge in [-0.2, -0.15) is 4.98 Å². The number of carbonyl (C=O) groups is 1. The first-order valence-corrected chi connectivity index (χ1v) is 10.1. The number of hydrogen-bond donors (Lipinski definition) is 1. The first kappa shape index (κ1) is 19.9. The van der Waals surface area contributed by atoms with E-state index in [9.17, 15) is 19.3 Å². The van der Waals surface area contributed by atoms with Crippen LogP contribution in [-0.2, 0) is 0 Å². The van der Waals surface area contributed by atoms with Gasteiger partial charge in [0.15, 0.2) is 0 Å². The number of non-ortho nitro benzene ring substituents is 1. The summed E-state index contributed by atoms with van der Waals surface area (Å²) in [6.07, 6.45) is 1.52. The van der Waals surface area contributed by atoms with E-state index in [2.05, 4.69) is 15.1 Å². The Balaban J connectivity index is 1.36. The average molecular weight is 435 g/mol. The number of piperidine rings is 1. The van der Waals surface area contributed by atoms with Crippen LogP contribution in [0.25, 0.3) is 22.3 Å². The molecule has 32 heavy (non-hydrogen) atoms. The van der Waals surface area contributed by atoms with Crippen molar-refractivity contribution in [3.05, 3.63) is 76.0 Å². The van der Waals surface area contributed by atoms with Gasteiger partial charge in [0.2, 0.25) is 11.7 Å². The van der Waals surface area contributed by atoms with Crippen LogP contribution in [0.4, 0.5) is 10.1 Å². The van der Waals surface area contributed by atoms with Gasteiger partial charge in [0.05, 0.1) is 10.8 Å². The average Bonchev–Trinajstić information content (AvgIpc) is 3.46. The molecule has 5 rings (SSSR count). The Labute approximate surface area is 181 Å². The topological polar surface area (TPSA) is 118 Å². The number of hydrogen-bond acceptors (Lipinski definition) is 6. The molecule has 2 aromatic heterocycles. The maximum atomic E-state index is 13.5. The summed E-state index contributed by atoms with van der Waals surface area (Å²) in [6.45, 7) is 0.929. The van der Waals surface area contributed by atoms with Crippen LogP contribution in [0.2, 0.25) is 0 Å². The number of aromatic amines is 1. The zero-order valence-electron chi connectivity index (χ0n) is 16.8. The second-order valence-corrected chi connectivity index (χ2v) is 7.74. The molecule has 3 heterocycles. The first-order valence-electron chi connectivity index (χ1n) is 10.1. The molecular formula is C22H18FN5O4. The molecule has 9 nitrogen and oxygen atoms in total. The van der Waals surface area contributed by atoms with Crippen LogP contribution in [0.15, 0.2) is 53.1 Å². The van der Waals surface area contributed by atoms with E-state index in [1.807, 2.05) is 0 Å². The Kier molecular flexibility index (Phi) is 4.89. The first-order chi connectivity index (χ1) is 15.5. The zero-order chi connectivity index (χ0) is 22.2. The van der Waals surface area contributed by atoms with Gasteiger partial charge in [0.25, 0.3) is 11.6 Å². The maximum absolute atomic E-state index is 13.5. The molecule has 1 saturated heterocycles. The number of halogens is 1. The predicted octanol–water partition coefficient (Wildman–Crippen LogP) is 4.29. The van der Waals surface area contributed by atoms with E-state index in [-0.39, 0.29) is 23.3 Å². The Morgan fingerprint density at radius 3 is 2.91 bits per heavy atom. The normalized spacial score (nSPS) is 16.4. The SMILES string of the molecule is O=C(c1cc2cccc([N+](=O)[O-])c2[nH]1)N1CCCC(c2nc(-c3cccc(F)c3)no2)C1. The van der Waals surface area contributed by atoms with Gasteiger partial charge in [0, 0.05) is 30.1 Å². The largest absolute Gasteiger partial charge is 0.345 e. The van der Waals surface area contributed by atoms with Crippen LogP contribution in [0.3, 0.4) is 0 Å². The molecule has 2 aromatic carbocycles. The van der Waals surface area contributed by atoms with E-state index in [1.165, 1.54) is 18.2 Å². The third-order valence-corrected chi connectivity index (χ3v) is 5.64. The molecule has 1 aliphatic heterocycles. The number of aromatic nitrogens is 3. The van der Waals surface area contributed by atoms with Gasteiger partial charge in [-0.05, 0) is 31.0 Å². The summed E-state index contributed by atoms with van der Waals surface area (Å²) >= 11 is 0. The molecular weight excluding hydrogens is 417 g/mol.